The van der Waals surface area contributed by atoms with Crippen molar-refractivity contribution in [2.45, 2.75) is 32.9 Å². The maximum atomic E-state index is 12.8. The van der Waals surface area contributed by atoms with Crippen LogP contribution < -0.4 is 10.1 Å². The van der Waals surface area contributed by atoms with Crippen LogP contribution in [0.5, 0.6) is 5.75 Å². The fourth-order valence-electron chi connectivity index (χ4n) is 3.78. The first kappa shape index (κ1) is 25.8. The minimum absolute atomic E-state index is 0.0697. The number of amides is 1. The van der Waals surface area contributed by atoms with Crippen LogP contribution in [0.4, 0.5) is 13.2 Å². The molecule has 0 atom stereocenters. The second-order valence-electron chi connectivity index (χ2n) is 8.20. The number of rotatable bonds is 9. The Labute approximate surface area is 201 Å². The van der Waals surface area contributed by atoms with Crippen molar-refractivity contribution in [3.63, 3.8) is 0 Å². The number of carbonyl (C=O) groups is 2. The minimum atomic E-state index is -4.37. The van der Waals surface area contributed by atoms with Crippen molar-refractivity contribution in [2.24, 2.45) is 0 Å². The lowest BCUT2D eigenvalue weighted by Crippen LogP contribution is -2.25. The number of nitrogens with one attached hydrogen (secondary N) is 1. The van der Waals surface area contributed by atoms with E-state index in [1.807, 2.05) is 38.1 Å². The third-order valence-electron chi connectivity index (χ3n) is 5.51. The molecule has 0 aromatic heterocycles. The van der Waals surface area contributed by atoms with E-state index in [1.165, 1.54) is 12.1 Å². The van der Waals surface area contributed by atoms with Gasteiger partial charge in [-0.25, -0.2) is 0 Å². The number of aliphatic carboxylic acids is 1. The number of alkyl halides is 3. The number of ether oxygens (including phenoxy) is 1. The molecule has 0 aliphatic carbocycles. The number of hydrogen-bond donors (Lipinski definition) is 2. The highest BCUT2D eigenvalue weighted by Crippen LogP contribution is 2.34. The van der Waals surface area contributed by atoms with Gasteiger partial charge in [0.2, 0.25) is 0 Å². The Kier molecular flexibility index (Phi) is 8.17. The van der Waals surface area contributed by atoms with Crippen LogP contribution in [0.2, 0.25) is 0 Å². The molecule has 8 heteroatoms. The van der Waals surface area contributed by atoms with Crippen LogP contribution in [0.25, 0.3) is 11.1 Å². The van der Waals surface area contributed by atoms with E-state index in [4.69, 9.17) is 9.84 Å². The van der Waals surface area contributed by atoms with Crippen molar-refractivity contribution in [3.05, 3.63) is 88.5 Å². The molecule has 184 valence electrons. The SMILES string of the molecule is Cc1cc(OCCc2ccc(C(=O)NCCC(=O)O)cc2)cc(C)c1-c1ccc(C(F)(F)F)cc1. The maximum absolute atomic E-state index is 12.8. The van der Waals surface area contributed by atoms with Crippen LogP contribution >= 0.6 is 0 Å². The summed E-state index contributed by atoms with van der Waals surface area (Å²) in [6.45, 7) is 4.27. The van der Waals surface area contributed by atoms with E-state index in [2.05, 4.69) is 5.32 Å². The zero-order chi connectivity index (χ0) is 25.6. The molecule has 35 heavy (non-hydrogen) atoms. The van der Waals surface area contributed by atoms with Gasteiger partial charge in [0, 0.05) is 18.5 Å². The fourth-order valence-corrected chi connectivity index (χ4v) is 3.78. The van der Waals surface area contributed by atoms with E-state index in [-0.39, 0.29) is 18.9 Å². The average Bonchev–Trinajstić information content (AvgIpc) is 2.78. The van der Waals surface area contributed by atoms with Crippen LogP contribution in [-0.2, 0) is 17.4 Å². The van der Waals surface area contributed by atoms with E-state index < -0.39 is 17.7 Å². The first-order valence-corrected chi connectivity index (χ1v) is 11.0. The summed E-state index contributed by atoms with van der Waals surface area (Å²) in [5.41, 5.74) is 4.14. The van der Waals surface area contributed by atoms with Crippen LogP contribution in [0.1, 0.15) is 39.0 Å². The lowest BCUT2D eigenvalue weighted by atomic mass is 9.94. The molecule has 3 rings (SSSR count). The molecule has 0 saturated carbocycles. The number of aryl methyl sites for hydroxylation is 2. The van der Waals surface area contributed by atoms with Crippen molar-refractivity contribution >= 4 is 11.9 Å². The number of benzene rings is 3. The van der Waals surface area contributed by atoms with Crippen molar-refractivity contribution in [3.8, 4) is 16.9 Å². The van der Waals surface area contributed by atoms with Gasteiger partial charge >= 0.3 is 12.1 Å². The van der Waals surface area contributed by atoms with Gasteiger partial charge in [-0.15, -0.1) is 0 Å². The summed E-state index contributed by atoms with van der Waals surface area (Å²) in [5, 5.41) is 11.2. The molecule has 5 nitrogen and oxygen atoms in total. The number of carboxylic acid groups (broad SMARTS) is 1. The molecule has 0 fully saturated rings. The highest BCUT2D eigenvalue weighted by atomic mass is 19.4. The van der Waals surface area contributed by atoms with E-state index >= 15 is 0 Å². The summed E-state index contributed by atoms with van der Waals surface area (Å²) in [5.74, 6) is -0.626. The van der Waals surface area contributed by atoms with Gasteiger partial charge in [-0.05, 0) is 78.1 Å². The van der Waals surface area contributed by atoms with E-state index in [9.17, 15) is 22.8 Å². The van der Waals surface area contributed by atoms with Crippen LogP contribution in [0, 0.1) is 13.8 Å². The van der Waals surface area contributed by atoms with Crippen molar-refractivity contribution in [1.82, 2.24) is 5.32 Å². The molecule has 1 amide bonds. The van der Waals surface area contributed by atoms with Crippen molar-refractivity contribution in [1.29, 1.82) is 0 Å². The highest BCUT2D eigenvalue weighted by molar-refractivity contribution is 5.94. The van der Waals surface area contributed by atoms with Gasteiger partial charge in [-0.2, -0.15) is 13.2 Å². The molecule has 3 aromatic rings. The normalized spacial score (nSPS) is 11.2. The third-order valence-corrected chi connectivity index (χ3v) is 5.51. The van der Waals surface area contributed by atoms with Gasteiger partial charge in [0.15, 0.2) is 0 Å². The van der Waals surface area contributed by atoms with Gasteiger partial charge in [0.1, 0.15) is 5.75 Å². The average molecular weight is 486 g/mol. The predicted molar refractivity (Wildman–Crippen MR) is 127 cm³/mol. The van der Waals surface area contributed by atoms with Crippen LogP contribution in [-0.4, -0.2) is 30.1 Å². The Balaban J connectivity index is 1.58. The van der Waals surface area contributed by atoms with Gasteiger partial charge in [-0.1, -0.05) is 24.3 Å². The molecule has 0 heterocycles. The third kappa shape index (κ3) is 7.09. The van der Waals surface area contributed by atoms with E-state index in [0.717, 1.165) is 34.4 Å². The van der Waals surface area contributed by atoms with E-state index in [0.29, 0.717) is 29.9 Å². The Morgan fingerprint density at radius 3 is 2.09 bits per heavy atom. The second kappa shape index (κ2) is 11.1. The van der Waals surface area contributed by atoms with Crippen LogP contribution in [0.15, 0.2) is 60.7 Å². The maximum Gasteiger partial charge on any atom is 0.416 e. The predicted octanol–water partition coefficient (Wildman–Crippen LogP) is 5.82. The van der Waals surface area contributed by atoms with Gasteiger partial charge < -0.3 is 15.2 Å². The highest BCUT2D eigenvalue weighted by Gasteiger charge is 2.30. The minimum Gasteiger partial charge on any atom is -0.493 e. The monoisotopic (exact) mass is 485 g/mol. The fraction of sp³-hybridized carbons (Fsp3) is 0.259. The topological polar surface area (TPSA) is 75.6 Å². The molecule has 0 unspecified atom stereocenters. The smallest absolute Gasteiger partial charge is 0.416 e. The zero-order valence-corrected chi connectivity index (χ0v) is 19.4. The van der Waals surface area contributed by atoms with Gasteiger partial charge in [0.25, 0.3) is 5.91 Å². The Morgan fingerprint density at radius 1 is 0.943 bits per heavy atom. The standard InChI is InChI=1S/C27H26F3NO4/c1-17-15-23(16-18(2)25(17)20-7-9-22(10-8-20)27(28,29)30)35-14-12-19-3-5-21(6-4-19)26(34)31-13-11-24(32)33/h3-10,15-16H,11-14H2,1-2H3,(H,31,34)(H,32,33). The Bertz CT molecular complexity index is 1160. The lowest BCUT2D eigenvalue weighted by molar-refractivity contribution is -0.138. The molecule has 0 aliphatic heterocycles. The molecule has 0 saturated heterocycles. The number of halogens is 3. The Hall–Kier alpha value is -3.81. The van der Waals surface area contributed by atoms with Crippen molar-refractivity contribution < 1.29 is 32.6 Å². The molecule has 0 spiro atoms. The molecule has 2 N–H and O–H groups in total. The van der Waals surface area contributed by atoms with Gasteiger partial charge in [0.05, 0.1) is 18.6 Å². The largest absolute Gasteiger partial charge is 0.493 e. The molecular formula is C27H26F3NO4. The summed E-state index contributed by atoms with van der Waals surface area (Å²) >= 11 is 0. The summed E-state index contributed by atoms with van der Waals surface area (Å²) in [6.07, 6.45) is -3.89. The lowest BCUT2D eigenvalue weighted by Gasteiger charge is -2.15. The summed E-state index contributed by atoms with van der Waals surface area (Å²) in [6, 6.07) is 15.9. The molecule has 3 aromatic carbocycles. The first-order chi connectivity index (χ1) is 16.5. The summed E-state index contributed by atoms with van der Waals surface area (Å²) < 4.78 is 44.4. The molecule has 0 radical (unpaired) electrons. The van der Waals surface area contributed by atoms with Gasteiger partial charge in [-0.3, -0.25) is 9.59 Å². The van der Waals surface area contributed by atoms with Crippen molar-refractivity contribution in [2.75, 3.05) is 13.2 Å². The quantitative estimate of drug-likeness (QED) is 0.401. The molecule has 0 bridgehead atoms. The van der Waals surface area contributed by atoms with E-state index in [1.54, 1.807) is 12.1 Å². The summed E-state index contributed by atoms with van der Waals surface area (Å²) in [7, 11) is 0. The zero-order valence-electron chi connectivity index (χ0n) is 19.4. The van der Waals surface area contributed by atoms with Crippen LogP contribution in [0.3, 0.4) is 0 Å². The Morgan fingerprint density at radius 2 is 1.54 bits per heavy atom. The summed E-state index contributed by atoms with van der Waals surface area (Å²) in [4.78, 5) is 22.5. The molecule has 0 aliphatic rings. The first-order valence-electron chi connectivity index (χ1n) is 11.0. The number of carboxylic acids is 1. The number of hydrogen-bond acceptors (Lipinski definition) is 3. The second-order valence-corrected chi connectivity index (χ2v) is 8.20. The number of carbonyl (C=O) groups excluding carboxylic acids is 1. The molecular weight excluding hydrogens is 459 g/mol.